The molecule has 2 atom stereocenters. The van der Waals surface area contributed by atoms with Gasteiger partial charge in [-0.15, -0.1) is 0 Å². The number of hydrogen-bond acceptors (Lipinski definition) is 6. The van der Waals surface area contributed by atoms with Crippen molar-refractivity contribution in [3.05, 3.63) is 0 Å². The number of hydrogen-bond donors (Lipinski definition) is 0. The van der Waals surface area contributed by atoms with Gasteiger partial charge in [0.1, 0.15) is 0 Å². The van der Waals surface area contributed by atoms with E-state index >= 15 is 0 Å². The SMILES string of the molecule is CC1(C)[C@H](COS(C)(=O)=O)[C@@H]1COS(C)(=O)=O. The van der Waals surface area contributed by atoms with Crippen LogP contribution in [0.4, 0.5) is 0 Å². The van der Waals surface area contributed by atoms with E-state index in [-0.39, 0.29) is 30.5 Å². The summed E-state index contributed by atoms with van der Waals surface area (Å²) < 4.78 is 52.8. The van der Waals surface area contributed by atoms with Crippen LogP contribution in [0.5, 0.6) is 0 Å². The maximum absolute atomic E-state index is 10.8. The second-order valence-electron chi connectivity index (χ2n) is 5.01. The van der Waals surface area contributed by atoms with Gasteiger partial charge in [-0.3, -0.25) is 8.37 Å². The first-order valence-electron chi connectivity index (χ1n) is 5.12. The Bertz CT molecular complexity index is 432. The predicted octanol–water partition coefficient (Wildman–Crippen LogP) is 0.211. The summed E-state index contributed by atoms with van der Waals surface area (Å²) in [5, 5.41) is 0. The highest BCUT2D eigenvalue weighted by Gasteiger charge is 2.58. The fourth-order valence-electron chi connectivity index (χ4n) is 1.91. The largest absolute Gasteiger partial charge is 0.270 e. The van der Waals surface area contributed by atoms with Crippen LogP contribution in [0.1, 0.15) is 13.8 Å². The lowest BCUT2D eigenvalue weighted by molar-refractivity contribution is 0.264. The van der Waals surface area contributed by atoms with E-state index < -0.39 is 20.2 Å². The van der Waals surface area contributed by atoms with E-state index in [0.29, 0.717) is 0 Å². The van der Waals surface area contributed by atoms with Crippen LogP contribution in [0.25, 0.3) is 0 Å². The van der Waals surface area contributed by atoms with Crippen LogP contribution in [0, 0.1) is 17.3 Å². The predicted molar refractivity (Wildman–Crippen MR) is 62.4 cm³/mol. The molecule has 0 amide bonds. The van der Waals surface area contributed by atoms with Gasteiger partial charge < -0.3 is 0 Å². The zero-order valence-corrected chi connectivity index (χ0v) is 12.0. The van der Waals surface area contributed by atoms with E-state index in [1.165, 1.54) is 0 Å². The lowest BCUT2D eigenvalue weighted by Crippen LogP contribution is -2.09. The molecule has 0 unspecified atom stereocenters. The van der Waals surface area contributed by atoms with Gasteiger partial charge >= 0.3 is 0 Å². The molecule has 0 aromatic carbocycles. The summed E-state index contributed by atoms with van der Waals surface area (Å²) in [6, 6.07) is 0. The minimum atomic E-state index is -3.46. The molecule has 0 heterocycles. The molecule has 8 heteroatoms. The highest BCUT2D eigenvalue weighted by atomic mass is 32.2. The van der Waals surface area contributed by atoms with E-state index in [2.05, 4.69) is 0 Å². The van der Waals surface area contributed by atoms with Crippen LogP contribution in [0.2, 0.25) is 0 Å². The molecule has 0 N–H and O–H groups in total. The molecule has 0 bridgehead atoms. The monoisotopic (exact) mass is 286 g/mol. The van der Waals surface area contributed by atoms with E-state index in [0.717, 1.165) is 12.5 Å². The summed E-state index contributed by atoms with van der Waals surface area (Å²) in [7, 11) is -6.91. The maximum atomic E-state index is 10.8. The third-order valence-electron chi connectivity index (χ3n) is 3.21. The molecule has 102 valence electrons. The van der Waals surface area contributed by atoms with Crippen LogP contribution < -0.4 is 0 Å². The smallest absolute Gasteiger partial charge is 0.264 e. The van der Waals surface area contributed by atoms with Gasteiger partial charge in [-0.25, -0.2) is 0 Å². The molecule has 0 aromatic rings. The first kappa shape index (κ1) is 14.9. The first-order valence-corrected chi connectivity index (χ1v) is 8.75. The maximum Gasteiger partial charge on any atom is 0.264 e. The third kappa shape index (κ3) is 4.53. The molecular weight excluding hydrogens is 268 g/mol. The highest BCUT2D eigenvalue weighted by molar-refractivity contribution is 7.86. The number of rotatable bonds is 6. The summed E-state index contributed by atoms with van der Waals surface area (Å²) in [5.41, 5.74) is -0.157. The third-order valence-corrected chi connectivity index (χ3v) is 4.34. The second-order valence-corrected chi connectivity index (χ2v) is 8.30. The van der Waals surface area contributed by atoms with Gasteiger partial charge in [-0.1, -0.05) is 13.8 Å². The van der Waals surface area contributed by atoms with Crippen LogP contribution in [-0.2, 0) is 28.6 Å². The van der Waals surface area contributed by atoms with Crippen molar-refractivity contribution in [3.63, 3.8) is 0 Å². The zero-order valence-electron chi connectivity index (χ0n) is 10.3. The summed E-state index contributed by atoms with van der Waals surface area (Å²) in [4.78, 5) is 0. The lowest BCUT2D eigenvalue weighted by atomic mass is 10.1. The van der Waals surface area contributed by atoms with Crippen molar-refractivity contribution >= 4 is 20.2 Å². The zero-order chi connectivity index (χ0) is 13.5. The topological polar surface area (TPSA) is 86.7 Å². The van der Waals surface area contributed by atoms with Crippen molar-refractivity contribution in [2.45, 2.75) is 13.8 Å². The van der Waals surface area contributed by atoms with Crippen molar-refractivity contribution < 1.29 is 25.2 Å². The summed E-state index contributed by atoms with van der Waals surface area (Å²) in [6.45, 7) is 4.01. The molecule has 0 aliphatic heterocycles. The molecule has 0 radical (unpaired) electrons. The van der Waals surface area contributed by atoms with E-state index in [1.807, 2.05) is 13.8 Å². The van der Waals surface area contributed by atoms with Crippen molar-refractivity contribution in [1.29, 1.82) is 0 Å². The average molecular weight is 286 g/mol. The Labute approximate surface area is 103 Å². The van der Waals surface area contributed by atoms with Crippen LogP contribution in [0.15, 0.2) is 0 Å². The average Bonchev–Trinajstić information content (AvgIpc) is 2.57. The van der Waals surface area contributed by atoms with Gasteiger partial charge in [0.15, 0.2) is 0 Å². The van der Waals surface area contributed by atoms with Gasteiger partial charge in [0.2, 0.25) is 0 Å². The van der Waals surface area contributed by atoms with Gasteiger partial charge in [0.25, 0.3) is 20.2 Å². The Balaban J connectivity index is 2.48. The molecule has 0 spiro atoms. The molecule has 1 saturated carbocycles. The summed E-state index contributed by atoms with van der Waals surface area (Å²) >= 11 is 0. The van der Waals surface area contributed by atoms with Gasteiger partial charge in [0, 0.05) is 0 Å². The van der Waals surface area contributed by atoms with Gasteiger partial charge in [-0.05, 0) is 17.3 Å². The fourth-order valence-corrected chi connectivity index (χ4v) is 2.70. The lowest BCUT2D eigenvalue weighted by Gasteiger charge is -2.02. The van der Waals surface area contributed by atoms with E-state index in [4.69, 9.17) is 8.37 Å². The Morgan fingerprint density at radius 1 is 0.882 bits per heavy atom. The van der Waals surface area contributed by atoms with Crippen molar-refractivity contribution in [1.82, 2.24) is 0 Å². The van der Waals surface area contributed by atoms with E-state index in [9.17, 15) is 16.8 Å². The van der Waals surface area contributed by atoms with Crippen molar-refractivity contribution in [2.75, 3.05) is 25.7 Å². The van der Waals surface area contributed by atoms with Crippen LogP contribution >= 0.6 is 0 Å². The molecule has 1 rings (SSSR count). The summed E-state index contributed by atoms with van der Waals surface area (Å²) in [5.74, 6) is -0.00190. The molecule has 0 saturated heterocycles. The Morgan fingerprint density at radius 2 is 1.18 bits per heavy atom. The molecule has 1 aliphatic carbocycles. The van der Waals surface area contributed by atoms with Crippen molar-refractivity contribution in [3.8, 4) is 0 Å². The second kappa shape index (κ2) is 4.49. The Hall–Kier alpha value is -0.180. The molecular formula is C9H18O6S2. The Kier molecular flexibility index (Phi) is 3.93. The van der Waals surface area contributed by atoms with Crippen LogP contribution in [-0.4, -0.2) is 42.6 Å². The quantitative estimate of drug-likeness (QED) is 0.649. The highest BCUT2D eigenvalue weighted by Crippen LogP contribution is 2.58. The van der Waals surface area contributed by atoms with Crippen LogP contribution in [0.3, 0.4) is 0 Å². The Morgan fingerprint density at radius 3 is 1.41 bits per heavy atom. The summed E-state index contributed by atoms with van der Waals surface area (Å²) in [6.07, 6.45) is 1.98. The standard InChI is InChI=1S/C9H18O6S2/c1-9(2)7(5-14-16(3,10)11)8(9)6-15-17(4,12)13/h7-8H,5-6H2,1-4H3/t7-,8+. The first-order chi connectivity index (χ1) is 7.43. The minimum Gasteiger partial charge on any atom is -0.270 e. The fraction of sp³-hybridized carbons (Fsp3) is 1.00. The van der Waals surface area contributed by atoms with Crippen molar-refractivity contribution in [2.24, 2.45) is 17.3 Å². The molecule has 1 aliphatic rings. The van der Waals surface area contributed by atoms with Gasteiger partial charge in [-0.2, -0.15) is 16.8 Å². The molecule has 0 aromatic heterocycles. The molecule has 6 nitrogen and oxygen atoms in total. The minimum absolute atomic E-state index is 0.000949. The molecule has 17 heavy (non-hydrogen) atoms. The molecule has 1 fully saturated rings. The normalized spacial score (nSPS) is 28.0. The van der Waals surface area contributed by atoms with E-state index in [1.54, 1.807) is 0 Å². The van der Waals surface area contributed by atoms with Gasteiger partial charge in [0.05, 0.1) is 25.7 Å².